The summed E-state index contributed by atoms with van der Waals surface area (Å²) >= 11 is 3.71. The molecule has 1 heterocycles. The van der Waals surface area contributed by atoms with Gasteiger partial charge in [0.1, 0.15) is 0 Å². The van der Waals surface area contributed by atoms with Gasteiger partial charge in [-0.3, -0.25) is 4.79 Å². The molecule has 3 atom stereocenters. The van der Waals surface area contributed by atoms with Gasteiger partial charge in [0.25, 0.3) is 5.91 Å². The van der Waals surface area contributed by atoms with E-state index in [2.05, 4.69) is 33.4 Å². The van der Waals surface area contributed by atoms with Crippen LogP contribution in [0, 0.1) is 0 Å². The highest BCUT2D eigenvalue weighted by atomic mass is 79.9. The van der Waals surface area contributed by atoms with Gasteiger partial charge in [0.05, 0.1) is 12.1 Å². The monoisotopic (exact) mass is 462 g/mol. The van der Waals surface area contributed by atoms with Crippen LogP contribution in [-0.2, 0) is 6.54 Å². The molecular formula is C25H23BrN2O2. The van der Waals surface area contributed by atoms with Crippen LogP contribution in [0.15, 0.2) is 77.3 Å². The Morgan fingerprint density at radius 1 is 1.00 bits per heavy atom. The van der Waals surface area contributed by atoms with Crippen LogP contribution in [0.5, 0.6) is 0 Å². The summed E-state index contributed by atoms with van der Waals surface area (Å²) in [5, 5.41) is 14.6. The zero-order valence-corrected chi connectivity index (χ0v) is 18.0. The molecule has 30 heavy (non-hydrogen) atoms. The summed E-state index contributed by atoms with van der Waals surface area (Å²) in [5.41, 5.74) is 5.09. The lowest BCUT2D eigenvalue weighted by Crippen LogP contribution is -2.37. The Hall–Kier alpha value is -2.47. The minimum atomic E-state index is -0.510. The predicted molar refractivity (Wildman–Crippen MR) is 122 cm³/mol. The van der Waals surface area contributed by atoms with Crippen molar-refractivity contribution in [3.63, 3.8) is 0 Å². The molecule has 3 aromatic carbocycles. The van der Waals surface area contributed by atoms with E-state index in [1.807, 2.05) is 65.6 Å². The Morgan fingerprint density at radius 2 is 1.70 bits per heavy atom. The molecular weight excluding hydrogens is 440 g/mol. The molecule has 0 saturated carbocycles. The topological polar surface area (TPSA) is 52.6 Å². The van der Waals surface area contributed by atoms with Crippen molar-refractivity contribution in [2.75, 3.05) is 11.4 Å². The number of nitrogens with one attached hydrogen (secondary N) is 1. The Balaban J connectivity index is 1.50. The van der Waals surface area contributed by atoms with Gasteiger partial charge in [0, 0.05) is 34.7 Å². The minimum absolute atomic E-state index is 0.0119. The van der Waals surface area contributed by atoms with Gasteiger partial charge in [-0.15, -0.1) is 0 Å². The number of anilines is 1. The number of aliphatic hydroxyl groups excluding tert-OH is 1. The van der Waals surface area contributed by atoms with Gasteiger partial charge in [0.15, 0.2) is 0 Å². The zero-order chi connectivity index (χ0) is 20.7. The third kappa shape index (κ3) is 3.37. The highest BCUT2D eigenvalue weighted by molar-refractivity contribution is 9.10. The number of amides is 1. The first-order valence-electron chi connectivity index (χ1n) is 10.3. The summed E-state index contributed by atoms with van der Waals surface area (Å²) < 4.78 is 0.976. The molecule has 3 aromatic rings. The van der Waals surface area contributed by atoms with Crippen molar-refractivity contribution in [3.05, 3.63) is 99.5 Å². The van der Waals surface area contributed by atoms with Gasteiger partial charge in [-0.25, -0.2) is 0 Å². The molecule has 2 aliphatic rings. The van der Waals surface area contributed by atoms with Crippen molar-refractivity contribution in [2.45, 2.75) is 31.0 Å². The molecule has 1 amide bonds. The number of carbonyl (C=O) groups excluding carboxylic acids is 1. The molecule has 5 heteroatoms. The van der Waals surface area contributed by atoms with Crippen LogP contribution in [0.25, 0.3) is 0 Å². The maximum atomic E-state index is 13.2. The highest BCUT2D eigenvalue weighted by Gasteiger charge is 2.43. The van der Waals surface area contributed by atoms with Gasteiger partial charge in [-0.1, -0.05) is 64.5 Å². The van der Waals surface area contributed by atoms with E-state index in [0.29, 0.717) is 25.1 Å². The van der Waals surface area contributed by atoms with Crippen molar-refractivity contribution in [2.24, 2.45) is 0 Å². The second-order valence-corrected chi connectivity index (χ2v) is 8.87. The van der Waals surface area contributed by atoms with Gasteiger partial charge in [-0.05, 0) is 47.4 Å². The van der Waals surface area contributed by atoms with Gasteiger partial charge < -0.3 is 15.3 Å². The second-order valence-electron chi connectivity index (χ2n) is 8.02. The SMILES string of the molecule is O=C(c1ccccc1)N1CC2CC(O)C(NCc3ccccc3)c3c(Br)ccc1c32. The maximum Gasteiger partial charge on any atom is 0.258 e. The molecule has 1 aliphatic heterocycles. The molecule has 1 aliphatic carbocycles. The lowest BCUT2D eigenvalue weighted by Gasteiger charge is -2.34. The Labute approximate surface area is 184 Å². The molecule has 0 saturated heterocycles. The van der Waals surface area contributed by atoms with Crippen molar-refractivity contribution >= 4 is 27.5 Å². The largest absolute Gasteiger partial charge is 0.391 e. The lowest BCUT2D eigenvalue weighted by molar-refractivity contribution is 0.0957. The number of rotatable bonds is 4. The molecule has 152 valence electrons. The van der Waals surface area contributed by atoms with Crippen molar-refractivity contribution < 1.29 is 9.90 Å². The van der Waals surface area contributed by atoms with Crippen LogP contribution >= 0.6 is 15.9 Å². The number of benzene rings is 3. The van der Waals surface area contributed by atoms with E-state index in [4.69, 9.17) is 0 Å². The third-order valence-electron chi connectivity index (χ3n) is 6.17. The molecule has 3 unspecified atom stereocenters. The third-order valence-corrected chi connectivity index (χ3v) is 6.86. The standard InChI is InChI=1S/C25H23BrN2O2/c26-19-11-12-20-22-18(15-28(20)25(30)17-9-5-2-6-10-17)13-21(29)24(23(19)22)27-14-16-7-3-1-4-8-16/h1-12,18,21,24,27,29H,13-15H2. The Bertz CT molecular complexity index is 1070. The summed E-state index contributed by atoms with van der Waals surface area (Å²) in [6.07, 6.45) is 0.131. The van der Waals surface area contributed by atoms with E-state index in [-0.39, 0.29) is 17.9 Å². The fourth-order valence-corrected chi connectivity index (χ4v) is 5.38. The Kier molecular flexibility index (Phi) is 5.19. The normalized spacial score (nSPS) is 22.1. The fourth-order valence-electron chi connectivity index (χ4n) is 4.79. The quantitative estimate of drug-likeness (QED) is 0.585. The second kappa shape index (κ2) is 7.99. The van der Waals surface area contributed by atoms with Crippen LogP contribution in [0.4, 0.5) is 5.69 Å². The predicted octanol–water partition coefficient (Wildman–Crippen LogP) is 4.79. The number of carbonyl (C=O) groups is 1. The van der Waals surface area contributed by atoms with Crippen molar-refractivity contribution in [1.29, 1.82) is 0 Å². The minimum Gasteiger partial charge on any atom is -0.391 e. The summed E-state index contributed by atoms with van der Waals surface area (Å²) in [6.45, 7) is 1.28. The molecule has 2 N–H and O–H groups in total. The zero-order valence-electron chi connectivity index (χ0n) is 16.5. The van der Waals surface area contributed by atoms with E-state index >= 15 is 0 Å². The lowest BCUT2D eigenvalue weighted by atomic mass is 9.79. The number of hydrogen-bond acceptors (Lipinski definition) is 3. The first-order valence-corrected chi connectivity index (χ1v) is 11.1. The van der Waals surface area contributed by atoms with E-state index < -0.39 is 6.10 Å². The number of nitrogens with zero attached hydrogens (tertiary/aromatic N) is 1. The first-order chi connectivity index (χ1) is 14.6. The number of halogens is 1. The van der Waals surface area contributed by atoms with E-state index in [1.165, 1.54) is 11.1 Å². The highest BCUT2D eigenvalue weighted by Crippen LogP contribution is 2.50. The molecule has 4 nitrogen and oxygen atoms in total. The number of aliphatic hydroxyl groups is 1. The molecule has 0 spiro atoms. The number of hydrogen-bond donors (Lipinski definition) is 2. The maximum absolute atomic E-state index is 13.2. The molecule has 0 fully saturated rings. The average molecular weight is 463 g/mol. The van der Waals surface area contributed by atoms with Crippen LogP contribution in [-0.4, -0.2) is 23.7 Å². The molecule has 0 radical (unpaired) electrons. The summed E-state index contributed by atoms with van der Waals surface area (Å²) in [7, 11) is 0. The molecule has 5 rings (SSSR count). The van der Waals surface area contributed by atoms with Gasteiger partial charge in [-0.2, -0.15) is 0 Å². The van der Waals surface area contributed by atoms with Crippen LogP contribution in [0.2, 0.25) is 0 Å². The fraction of sp³-hybridized carbons (Fsp3) is 0.240. The van der Waals surface area contributed by atoms with E-state index in [1.54, 1.807) is 0 Å². The van der Waals surface area contributed by atoms with Crippen molar-refractivity contribution in [1.82, 2.24) is 5.32 Å². The molecule has 0 aromatic heterocycles. The van der Waals surface area contributed by atoms with E-state index in [0.717, 1.165) is 15.7 Å². The van der Waals surface area contributed by atoms with Crippen LogP contribution in [0.1, 0.15) is 45.4 Å². The first kappa shape index (κ1) is 19.5. The smallest absolute Gasteiger partial charge is 0.258 e. The average Bonchev–Trinajstić information content (AvgIpc) is 3.14. The van der Waals surface area contributed by atoms with Gasteiger partial charge in [0.2, 0.25) is 0 Å². The molecule has 0 bridgehead atoms. The van der Waals surface area contributed by atoms with Gasteiger partial charge >= 0.3 is 0 Å². The van der Waals surface area contributed by atoms with E-state index in [9.17, 15) is 9.90 Å². The van der Waals surface area contributed by atoms with Crippen LogP contribution in [0.3, 0.4) is 0 Å². The Morgan fingerprint density at radius 3 is 2.43 bits per heavy atom. The van der Waals surface area contributed by atoms with Crippen molar-refractivity contribution in [3.8, 4) is 0 Å². The van der Waals surface area contributed by atoms with Crippen LogP contribution < -0.4 is 10.2 Å². The summed E-state index contributed by atoms with van der Waals surface area (Å²) in [4.78, 5) is 15.1. The summed E-state index contributed by atoms with van der Waals surface area (Å²) in [6, 6.07) is 23.4. The summed E-state index contributed by atoms with van der Waals surface area (Å²) in [5.74, 6) is 0.155.